The van der Waals surface area contributed by atoms with Crippen molar-refractivity contribution in [3.63, 3.8) is 0 Å². The summed E-state index contributed by atoms with van der Waals surface area (Å²) < 4.78 is 11.1. The molecule has 0 aliphatic rings. The number of hydrogen-bond donors (Lipinski definition) is 0. The van der Waals surface area contributed by atoms with Gasteiger partial charge in [-0.15, -0.1) is 10.2 Å². The summed E-state index contributed by atoms with van der Waals surface area (Å²) >= 11 is 1.25. The van der Waals surface area contributed by atoms with Gasteiger partial charge in [0.2, 0.25) is 5.91 Å². The summed E-state index contributed by atoms with van der Waals surface area (Å²) in [6.45, 7) is 5.44. The number of ether oxygens (including phenoxy) is 1. The summed E-state index contributed by atoms with van der Waals surface area (Å²) in [6.07, 6.45) is 0.904. The van der Waals surface area contributed by atoms with Gasteiger partial charge >= 0.3 is 0 Å². The van der Waals surface area contributed by atoms with Gasteiger partial charge in [0.05, 0.1) is 18.4 Å². The minimum Gasteiger partial charge on any atom is -0.496 e. The van der Waals surface area contributed by atoms with Gasteiger partial charge in [-0.1, -0.05) is 60.6 Å². The van der Waals surface area contributed by atoms with Gasteiger partial charge in [0.15, 0.2) is 0 Å². The van der Waals surface area contributed by atoms with Crippen LogP contribution in [0.2, 0.25) is 0 Å². The third-order valence-corrected chi connectivity index (χ3v) is 5.21. The standard InChI is InChI=1S/C22H25N3O3S/c1-4-13-25(14-17-11-9-16(2)10-12-17)20(26)15-29-22-24-23-21(28-22)18-7-5-6-8-19(18)27-3/h5-12H,4,13-15H2,1-3H3. The Balaban J connectivity index is 1.62. The second-order valence-corrected chi connectivity index (χ2v) is 7.59. The van der Waals surface area contributed by atoms with Crippen LogP contribution in [0.25, 0.3) is 11.5 Å². The van der Waals surface area contributed by atoms with Crippen LogP contribution in [0.15, 0.2) is 58.2 Å². The molecule has 3 rings (SSSR count). The molecule has 0 N–H and O–H groups in total. The molecule has 1 amide bonds. The first-order valence-electron chi connectivity index (χ1n) is 9.53. The first kappa shape index (κ1) is 20.9. The van der Waals surface area contributed by atoms with Gasteiger partial charge in [-0.3, -0.25) is 4.79 Å². The quantitative estimate of drug-likeness (QED) is 0.480. The monoisotopic (exact) mass is 411 g/mol. The molecule has 0 bridgehead atoms. The maximum Gasteiger partial charge on any atom is 0.277 e. The lowest BCUT2D eigenvalue weighted by molar-refractivity contribution is -0.129. The van der Waals surface area contributed by atoms with E-state index in [-0.39, 0.29) is 11.7 Å². The van der Waals surface area contributed by atoms with Crippen molar-refractivity contribution in [2.24, 2.45) is 0 Å². The van der Waals surface area contributed by atoms with E-state index in [1.54, 1.807) is 7.11 Å². The SMILES string of the molecule is CCCN(Cc1ccc(C)cc1)C(=O)CSc1nnc(-c2ccccc2OC)o1. The van der Waals surface area contributed by atoms with Gasteiger partial charge < -0.3 is 14.1 Å². The highest BCUT2D eigenvalue weighted by atomic mass is 32.2. The molecule has 7 heteroatoms. The molecular weight excluding hydrogens is 386 g/mol. The number of hydrogen-bond acceptors (Lipinski definition) is 6. The van der Waals surface area contributed by atoms with Crippen molar-refractivity contribution < 1.29 is 13.9 Å². The number of para-hydroxylation sites is 1. The number of nitrogens with zero attached hydrogens (tertiary/aromatic N) is 3. The van der Waals surface area contributed by atoms with Crippen molar-refractivity contribution in [2.75, 3.05) is 19.4 Å². The van der Waals surface area contributed by atoms with E-state index in [2.05, 4.69) is 48.3 Å². The molecule has 1 heterocycles. The molecule has 0 spiro atoms. The van der Waals surface area contributed by atoms with E-state index >= 15 is 0 Å². The number of benzene rings is 2. The number of aromatic nitrogens is 2. The van der Waals surface area contributed by atoms with Crippen LogP contribution in [0, 0.1) is 6.92 Å². The topological polar surface area (TPSA) is 68.5 Å². The van der Waals surface area contributed by atoms with E-state index in [0.717, 1.165) is 17.5 Å². The third kappa shape index (κ3) is 5.60. The van der Waals surface area contributed by atoms with Crippen molar-refractivity contribution >= 4 is 17.7 Å². The lowest BCUT2D eigenvalue weighted by Gasteiger charge is -2.22. The Kier molecular flexibility index (Phi) is 7.30. The second-order valence-electron chi connectivity index (χ2n) is 6.66. The molecule has 29 heavy (non-hydrogen) atoms. The number of amides is 1. The zero-order chi connectivity index (χ0) is 20.6. The van der Waals surface area contributed by atoms with Crippen LogP contribution in [0.5, 0.6) is 5.75 Å². The van der Waals surface area contributed by atoms with E-state index in [1.165, 1.54) is 17.3 Å². The minimum absolute atomic E-state index is 0.0504. The van der Waals surface area contributed by atoms with Crippen molar-refractivity contribution in [1.29, 1.82) is 0 Å². The predicted molar refractivity (Wildman–Crippen MR) is 114 cm³/mol. The Morgan fingerprint density at radius 3 is 2.62 bits per heavy atom. The van der Waals surface area contributed by atoms with E-state index in [0.29, 0.717) is 30.0 Å². The maximum atomic E-state index is 12.8. The highest BCUT2D eigenvalue weighted by Gasteiger charge is 2.17. The molecule has 0 radical (unpaired) electrons. The Morgan fingerprint density at radius 1 is 1.14 bits per heavy atom. The van der Waals surface area contributed by atoms with Crippen LogP contribution in [-0.4, -0.2) is 40.4 Å². The number of methoxy groups -OCH3 is 1. The average Bonchev–Trinajstić information content (AvgIpc) is 3.22. The molecule has 0 aliphatic carbocycles. The first-order valence-corrected chi connectivity index (χ1v) is 10.5. The van der Waals surface area contributed by atoms with Crippen LogP contribution >= 0.6 is 11.8 Å². The highest BCUT2D eigenvalue weighted by Crippen LogP contribution is 2.30. The van der Waals surface area contributed by atoms with Crippen LogP contribution in [0.3, 0.4) is 0 Å². The summed E-state index contributed by atoms with van der Waals surface area (Å²) in [7, 11) is 1.60. The van der Waals surface area contributed by atoms with Gasteiger partial charge in [-0.25, -0.2) is 0 Å². The fourth-order valence-corrected chi connectivity index (χ4v) is 3.55. The van der Waals surface area contributed by atoms with Crippen LogP contribution in [0.4, 0.5) is 0 Å². The fraction of sp³-hybridized carbons (Fsp3) is 0.318. The number of aryl methyl sites for hydroxylation is 1. The largest absolute Gasteiger partial charge is 0.496 e. The van der Waals surface area contributed by atoms with Crippen molar-refractivity contribution in [3.05, 3.63) is 59.7 Å². The highest BCUT2D eigenvalue weighted by molar-refractivity contribution is 7.99. The minimum atomic E-state index is 0.0504. The number of rotatable bonds is 9. The fourth-order valence-electron chi connectivity index (χ4n) is 2.89. The van der Waals surface area contributed by atoms with Crippen LogP contribution < -0.4 is 4.74 Å². The van der Waals surface area contributed by atoms with E-state index in [4.69, 9.17) is 9.15 Å². The Bertz CT molecular complexity index is 940. The lowest BCUT2D eigenvalue weighted by atomic mass is 10.1. The summed E-state index contributed by atoms with van der Waals surface area (Å²) in [5.74, 6) is 1.34. The maximum absolute atomic E-state index is 12.8. The molecular formula is C22H25N3O3S. The van der Waals surface area contributed by atoms with Gasteiger partial charge in [0.1, 0.15) is 5.75 Å². The molecule has 0 saturated heterocycles. The second kappa shape index (κ2) is 10.1. The summed E-state index contributed by atoms with van der Waals surface area (Å²) in [4.78, 5) is 14.6. The zero-order valence-electron chi connectivity index (χ0n) is 16.9. The van der Waals surface area contributed by atoms with Gasteiger partial charge in [0, 0.05) is 13.1 Å². The normalized spacial score (nSPS) is 10.7. The van der Waals surface area contributed by atoms with E-state index in [9.17, 15) is 4.79 Å². The van der Waals surface area contributed by atoms with Crippen molar-refractivity contribution in [2.45, 2.75) is 32.0 Å². The first-order chi connectivity index (χ1) is 14.1. The molecule has 152 valence electrons. The molecule has 6 nitrogen and oxygen atoms in total. The Hall–Kier alpha value is -2.80. The predicted octanol–water partition coefficient (Wildman–Crippen LogP) is 4.58. The number of carbonyl (C=O) groups excluding carboxylic acids is 1. The molecule has 0 fully saturated rings. The summed E-state index contributed by atoms with van der Waals surface area (Å²) in [5.41, 5.74) is 3.06. The van der Waals surface area contributed by atoms with Crippen LogP contribution in [0.1, 0.15) is 24.5 Å². The third-order valence-electron chi connectivity index (χ3n) is 4.40. The van der Waals surface area contributed by atoms with Gasteiger partial charge in [-0.2, -0.15) is 0 Å². The Labute approximate surface area is 175 Å². The van der Waals surface area contributed by atoms with Crippen molar-refractivity contribution in [3.8, 4) is 17.2 Å². The average molecular weight is 412 g/mol. The molecule has 0 unspecified atom stereocenters. The van der Waals surface area contributed by atoms with Crippen molar-refractivity contribution in [1.82, 2.24) is 15.1 Å². The molecule has 0 atom stereocenters. The Morgan fingerprint density at radius 2 is 1.90 bits per heavy atom. The van der Waals surface area contributed by atoms with Crippen LogP contribution in [-0.2, 0) is 11.3 Å². The number of thioether (sulfide) groups is 1. The molecule has 2 aromatic carbocycles. The lowest BCUT2D eigenvalue weighted by Crippen LogP contribution is -2.32. The summed E-state index contributed by atoms with van der Waals surface area (Å²) in [6, 6.07) is 15.7. The van der Waals surface area contributed by atoms with Gasteiger partial charge in [0.25, 0.3) is 11.1 Å². The molecule has 0 aliphatic heterocycles. The molecule has 3 aromatic rings. The molecule has 0 saturated carbocycles. The van der Waals surface area contributed by atoms with Gasteiger partial charge in [-0.05, 0) is 31.0 Å². The molecule has 1 aromatic heterocycles. The van der Waals surface area contributed by atoms with E-state index < -0.39 is 0 Å². The number of carbonyl (C=O) groups is 1. The summed E-state index contributed by atoms with van der Waals surface area (Å²) in [5, 5.41) is 8.51. The van der Waals surface area contributed by atoms with E-state index in [1.807, 2.05) is 29.2 Å². The zero-order valence-corrected chi connectivity index (χ0v) is 17.7. The smallest absolute Gasteiger partial charge is 0.277 e.